The van der Waals surface area contributed by atoms with Gasteiger partial charge in [0.15, 0.2) is 0 Å². The van der Waals surface area contributed by atoms with Gasteiger partial charge < -0.3 is 15.1 Å². The van der Waals surface area contributed by atoms with Crippen LogP contribution in [0.2, 0.25) is 0 Å². The molecule has 1 saturated heterocycles. The monoisotopic (exact) mass is 353 g/mol. The minimum Gasteiger partial charge on any atom is -0.340 e. The number of hydrogen-bond donors (Lipinski definition) is 1. The average Bonchev–Trinajstić information content (AvgIpc) is 2.42. The van der Waals surface area contributed by atoms with Gasteiger partial charge in [0.1, 0.15) is 6.42 Å². The van der Waals surface area contributed by atoms with Crippen LogP contribution in [0.5, 0.6) is 0 Å². The van der Waals surface area contributed by atoms with Crippen molar-refractivity contribution in [3.05, 3.63) is 28.2 Å². The lowest BCUT2D eigenvalue weighted by molar-refractivity contribution is -0.135. The zero-order valence-corrected chi connectivity index (χ0v) is 13.9. The first kappa shape index (κ1) is 16.0. The molecular formula is C15H20BrN3O2. The van der Waals surface area contributed by atoms with Crippen LogP contribution in [0.15, 0.2) is 22.7 Å². The number of nitrogens with zero attached hydrogens (tertiary/aromatic N) is 2. The zero-order valence-electron chi connectivity index (χ0n) is 12.4. The quantitative estimate of drug-likeness (QED) is 0.843. The number of carbonyl (C=O) groups is 2. The van der Waals surface area contributed by atoms with Crippen molar-refractivity contribution >= 4 is 33.4 Å². The molecule has 0 bridgehead atoms. The van der Waals surface area contributed by atoms with Gasteiger partial charge in [-0.3, -0.25) is 9.59 Å². The van der Waals surface area contributed by atoms with Crippen molar-refractivity contribution in [3.8, 4) is 0 Å². The average molecular weight is 354 g/mol. The van der Waals surface area contributed by atoms with E-state index < -0.39 is 0 Å². The Balaban J connectivity index is 1.88. The molecule has 1 aromatic rings. The van der Waals surface area contributed by atoms with E-state index in [0.29, 0.717) is 18.8 Å². The van der Waals surface area contributed by atoms with Crippen LogP contribution in [0.3, 0.4) is 0 Å². The minimum absolute atomic E-state index is 0.107. The van der Waals surface area contributed by atoms with Gasteiger partial charge in [-0.2, -0.15) is 0 Å². The molecule has 0 aliphatic carbocycles. The lowest BCUT2D eigenvalue weighted by atomic mass is 10.2. The highest BCUT2D eigenvalue weighted by Crippen LogP contribution is 2.23. The summed E-state index contributed by atoms with van der Waals surface area (Å²) in [4.78, 5) is 28.0. The van der Waals surface area contributed by atoms with Gasteiger partial charge in [-0.25, -0.2) is 0 Å². The van der Waals surface area contributed by atoms with Crippen molar-refractivity contribution in [2.24, 2.45) is 0 Å². The van der Waals surface area contributed by atoms with Crippen LogP contribution in [0, 0.1) is 6.92 Å². The van der Waals surface area contributed by atoms with E-state index in [4.69, 9.17) is 0 Å². The van der Waals surface area contributed by atoms with Crippen molar-refractivity contribution in [1.29, 1.82) is 0 Å². The molecule has 0 radical (unpaired) electrons. The molecule has 1 heterocycles. The van der Waals surface area contributed by atoms with E-state index >= 15 is 0 Å². The van der Waals surface area contributed by atoms with Crippen LogP contribution in [-0.4, -0.2) is 54.8 Å². The van der Waals surface area contributed by atoms with E-state index in [0.717, 1.165) is 23.1 Å². The number of hydrogen-bond acceptors (Lipinski definition) is 3. The number of amides is 2. The molecule has 6 heteroatoms. The van der Waals surface area contributed by atoms with Gasteiger partial charge in [-0.05, 0) is 47.6 Å². The molecule has 2 amide bonds. The highest BCUT2D eigenvalue weighted by Gasteiger charge is 2.21. The van der Waals surface area contributed by atoms with Crippen LogP contribution in [0.25, 0.3) is 0 Å². The fourth-order valence-electron chi connectivity index (χ4n) is 2.22. The number of nitrogens with one attached hydrogen (secondary N) is 1. The Morgan fingerprint density at radius 3 is 2.52 bits per heavy atom. The van der Waals surface area contributed by atoms with Crippen LogP contribution >= 0.6 is 15.9 Å². The number of halogens is 1. The molecule has 0 unspecified atom stereocenters. The lowest BCUT2D eigenvalue weighted by Gasteiger charge is -2.32. The molecular weight excluding hydrogens is 334 g/mol. The summed E-state index contributed by atoms with van der Waals surface area (Å²) in [5.41, 5.74) is 1.80. The van der Waals surface area contributed by atoms with E-state index in [2.05, 4.69) is 26.1 Å². The Kier molecular flexibility index (Phi) is 5.36. The van der Waals surface area contributed by atoms with Gasteiger partial charge in [0.2, 0.25) is 11.8 Å². The standard InChI is InChI=1S/C15H20BrN3O2/c1-11-3-4-13(12(16)9-11)17-14(20)10-15(21)19-7-5-18(2)6-8-19/h3-4,9H,5-8,10H2,1-2H3,(H,17,20). The Morgan fingerprint density at radius 2 is 1.90 bits per heavy atom. The topological polar surface area (TPSA) is 52.7 Å². The summed E-state index contributed by atoms with van der Waals surface area (Å²) >= 11 is 3.41. The largest absolute Gasteiger partial charge is 0.340 e. The van der Waals surface area contributed by atoms with Gasteiger partial charge >= 0.3 is 0 Å². The molecule has 1 aromatic carbocycles. The van der Waals surface area contributed by atoms with E-state index in [1.807, 2.05) is 32.2 Å². The van der Waals surface area contributed by atoms with Gasteiger partial charge in [0.05, 0.1) is 5.69 Å². The summed E-state index contributed by atoms with van der Waals surface area (Å²) in [5.74, 6) is -0.382. The molecule has 0 saturated carbocycles. The molecule has 0 aromatic heterocycles. The fraction of sp³-hybridized carbons (Fsp3) is 0.467. The van der Waals surface area contributed by atoms with Crippen molar-refractivity contribution in [2.75, 3.05) is 38.5 Å². The molecule has 0 spiro atoms. The van der Waals surface area contributed by atoms with Crippen molar-refractivity contribution in [3.63, 3.8) is 0 Å². The number of anilines is 1. The molecule has 1 aliphatic rings. The molecule has 1 fully saturated rings. The second-order valence-corrected chi connectivity index (χ2v) is 6.25. The lowest BCUT2D eigenvalue weighted by Crippen LogP contribution is -2.47. The number of likely N-dealkylation sites (N-methyl/N-ethyl adjacent to an activating group) is 1. The van der Waals surface area contributed by atoms with Gasteiger partial charge in [0.25, 0.3) is 0 Å². The molecule has 1 aliphatic heterocycles. The molecule has 114 valence electrons. The molecule has 0 atom stereocenters. The van der Waals surface area contributed by atoms with E-state index in [-0.39, 0.29) is 18.2 Å². The molecule has 5 nitrogen and oxygen atoms in total. The SMILES string of the molecule is Cc1ccc(NC(=O)CC(=O)N2CCN(C)CC2)c(Br)c1. The summed E-state index contributed by atoms with van der Waals surface area (Å²) in [7, 11) is 2.03. The summed E-state index contributed by atoms with van der Waals surface area (Å²) in [6.07, 6.45) is -0.107. The number of piperazine rings is 1. The molecule has 21 heavy (non-hydrogen) atoms. The Morgan fingerprint density at radius 1 is 1.24 bits per heavy atom. The third-order valence-corrected chi connectivity index (χ3v) is 4.22. The van der Waals surface area contributed by atoms with E-state index in [1.54, 1.807) is 4.90 Å². The van der Waals surface area contributed by atoms with Crippen LogP contribution in [0.4, 0.5) is 5.69 Å². The molecule has 1 N–H and O–H groups in total. The van der Waals surface area contributed by atoms with Crippen molar-refractivity contribution < 1.29 is 9.59 Å². The van der Waals surface area contributed by atoms with Gasteiger partial charge in [0, 0.05) is 30.7 Å². The maximum atomic E-state index is 12.1. The van der Waals surface area contributed by atoms with Crippen LogP contribution in [0.1, 0.15) is 12.0 Å². The number of benzene rings is 1. The summed E-state index contributed by atoms with van der Waals surface area (Å²) in [5, 5.41) is 2.77. The summed E-state index contributed by atoms with van der Waals surface area (Å²) in [6, 6.07) is 5.68. The maximum Gasteiger partial charge on any atom is 0.233 e. The van der Waals surface area contributed by atoms with E-state index in [9.17, 15) is 9.59 Å². The predicted molar refractivity (Wildman–Crippen MR) is 86.2 cm³/mol. The highest BCUT2D eigenvalue weighted by molar-refractivity contribution is 9.10. The summed E-state index contributed by atoms with van der Waals surface area (Å²) in [6.45, 7) is 5.08. The Hall–Kier alpha value is -1.40. The zero-order chi connectivity index (χ0) is 15.4. The third-order valence-electron chi connectivity index (χ3n) is 3.57. The second kappa shape index (κ2) is 7.04. The van der Waals surface area contributed by atoms with Crippen LogP contribution < -0.4 is 5.32 Å². The van der Waals surface area contributed by atoms with Crippen LogP contribution in [-0.2, 0) is 9.59 Å². The predicted octanol–water partition coefficient (Wildman–Crippen LogP) is 1.86. The third kappa shape index (κ3) is 4.54. The maximum absolute atomic E-state index is 12.1. The first-order chi connectivity index (χ1) is 9.95. The number of aryl methyl sites for hydroxylation is 1. The summed E-state index contributed by atoms with van der Waals surface area (Å²) < 4.78 is 0.822. The smallest absolute Gasteiger partial charge is 0.233 e. The minimum atomic E-state index is -0.275. The van der Waals surface area contributed by atoms with Gasteiger partial charge in [-0.1, -0.05) is 6.07 Å². The first-order valence-electron chi connectivity index (χ1n) is 6.98. The highest BCUT2D eigenvalue weighted by atomic mass is 79.9. The fourth-order valence-corrected chi connectivity index (χ4v) is 2.81. The number of rotatable bonds is 3. The van der Waals surface area contributed by atoms with E-state index in [1.165, 1.54) is 0 Å². The van der Waals surface area contributed by atoms with Gasteiger partial charge in [-0.15, -0.1) is 0 Å². The second-order valence-electron chi connectivity index (χ2n) is 5.39. The Bertz CT molecular complexity index is 540. The van der Waals surface area contributed by atoms with Crippen molar-refractivity contribution in [1.82, 2.24) is 9.80 Å². The normalized spacial score (nSPS) is 15.9. The first-order valence-corrected chi connectivity index (χ1v) is 7.77. The number of carbonyl (C=O) groups excluding carboxylic acids is 2. The van der Waals surface area contributed by atoms with Crippen molar-refractivity contribution in [2.45, 2.75) is 13.3 Å². The Labute approximate surface area is 133 Å². The molecule has 2 rings (SSSR count).